The van der Waals surface area contributed by atoms with Crippen LogP contribution in [-0.2, 0) is 6.42 Å². The lowest BCUT2D eigenvalue weighted by Gasteiger charge is -2.07. The summed E-state index contributed by atoms with van der Waals surface area (Å²) in [7, 11) is 0. The first-order chi connectivity index (χ1) is 9.66. The zero-order valence-corrected chi connectivity index (χ0v) is 11.0. The van der Waals surface area contributed by atoms with Gasteiger partial charge in [-0.3, -0.25) is 4.79 Å². The van der Waals surface area contributed by atoms with Gasteiger partial charge in [0, 0.05) is 6.54 Å². The standard InChI is InChI=1S/C16H17NO3/c18-13-8-9-15(19)14(11-13)16(20)17-10-4-7-12-5-2-1-3-6-12/h1-3,5-6,8-9,11,18-19H,4,7,10H2,(H,17,20). The molecule has 0 heterocycles. The number of carbonyl (C=O) groups excluding carboxylic acids is 1. The highest BCUT2D eigenvalue weighted by Gasteiger charge is 2.11. The van der Waals surface area contributed by atoms with Crippen molar-refractivity contribution < 1.29 is 15.0 Å². The van der Waals surface area contributed by atoms with Gasteiger partial charge in [0.25, 0.3) is 5.91 Å². The van der Waals surface area contributed by atoms with Crippen molar-refractivity contribution in [3.63, 3.8) is 0 Å². The molecule has 2 aromatic rings. The van der Waals surface area contributed by atoms with E-state index in [1.165, 1.54) is 23.8 Å². The summed E-state index contributed by atoms with van der Waals surface area (Å²) in [6.07, 6.45) is 1.70. The first-order valence-corrected chi connectivity index (χ1v) is 6.51. The lowest BCUT2D eigenvalue weighted by Crippen LogP contribution is -2.24. The number of hydrogen-bond donors (Lipinski definition) is 3. The van der Waals surface area contributed by atoms with E-state index in [1.54, 1.807) is 0 Å². The van der Waals surface area contributed by atoms with Crippen LogP contribution in [0.2, 0.25) is 0 Å². The van der Waals surface area contributed by atoms with Gasteiger partial charge >= 0.3 is 0 Å². The fourth-order valence-corrected chi connectivity index (χ4v) is 1.94. The second-order valence-electron chi connectivity index (χ2n) is 4.55. The van der Waals surface area contributed by atoms with E-state index in [-0.39, 0.29) is 23.0 Å². The van der Waals surface area contributed by atoms with E-state index in [2.05, 4.69) is 5.32 Å². The highest BCUT2D eigenvalue weighted by molar-refractivity contribution is 5.97. The summed E-state index contributed by atoms with van der Waals surface area (Å²) in [5, 5.41) is 21.6. The highest BCUT2D eigenvalue weighted by atomic mass is 16.3. The number of nitrogens with one attached hydrogen (secondary N) is 1. The number of phenols is 2. The summed E-state index contributed by atoms with van der Waals surface area (Å²) >= 11 is 0. The number of carbonyl (C=O) groups is 1. The molecule has 0 saturated carbocycles. The Kier molecular flexibility index (Phi) is 4.60. The Morgan fingerprint density at radius 2 is 1.80 bits per heavy atom. The van der Waals surface area contributed by atoms with Gasteiger partial charge in [-0.2, -0.15) is 0 Å². The predicted molar refractivity (Wildman–Crippen MR) is 76.9 cm³/mol. The Balaban J connectivity index is 1.82. The summed E-state index contributed by atoms with van der Waals surface area (Å²) in [6, 6.07) is 13.9. The largest absolute Gasteiger partial charge is 0.508 e. The molecule has 0 unspecified atom stereocenters. The normalized spacial score (nSPS) is 10.2. The van der Waals surface area contributed by atoms with Crippen LogP contribution in [0.25, 0.3) is 0 Å². The van der Waals surface area contributed by atoms with Gasteiger partial charge in [-0.05, 0) is 36.6 Å². The predicted octanol–water partition coefficient (Wildman–Crippen LogP) is 2.46. The second kappa shape index (κ2) is 6.61. The smallest absolute Gasteiger partial charge is 0.255 e. The van der Waals surface area contributed by atoms with Crippen molar-refractivity contribution in [1.29, 1.82) is 0 Å². The molecule has 2 rings (SSSR count). The monoisotopic (exact) mass is 271 g/mol. The minimum Gasteiger partial charge on any atom is -0.508 e. The zero-order chi connectivity index (χ0) is 14.4. The summed E-state index contributed by atoms with van der Waals surface area (Å²) in [5.74, 6) is -0.563. The lowest BCUT2D eigenvalue weighted by atomic mass is 10.1. The summed E-state index contributed by atoms with van der Waals surface area (Å²) in [5.41, 5.74) is 1.31. The third-order valence-corrected chi connectivity index (χ3v) is 3.00. The van der Waals surface area contributed by atoms with Crippen LogP contribution in [0.1, 0.15) is 22.3 Å². The first kappa shape index (κ1) is 13.9. The Morgan fingerprint density at radius 3 is 2.55 bits per heavy atom. The molecular formula is C16H17NO3. The molecule has 1 amide bonds. The van der Waals surface area contributed by atoms with Crippen molar-refractivity contribution in [2.75, 3.05) is 6.54 Å². The molecule has 0 fully saturated rings. The molecule has 0 aliphatic heterocycles. The molecule has 0 saturated heterocycles. The minimum atomic E-state index is -0.383. The molecule has 0 atom stereocenters. The van der Waals surface area contributed by atoms with Crippen LogP contribution in [0.15, 0.2) is 48.5 Å². The second-order valence-corrected chi connectivity index (χ2v) is 4.55. The van der Waals surface area contributed by atoms with Crippen LogP contribution in [0.3, 0.4) is 0 Å². The maximum atomic E-state index is 11.8. The van der Waals surface area contributed by atoms with Crippen molar-refractivity contribution in [3.8, 4) is 11.5 Å². The van der Waals surface area contributed by atoms with E-state index >= 15 is 0 Å². The summed E-state index contributed by atoms with van der Waals surface area (Å²) < 4.78 is 0. The van der Waals surface area contributed by atoms with Gasteiger partial charge in [-0.15, -0.1) is 0 Å². The number of benzene rings is 2. The molecular weight excluding hydrogens is 254 g/mol. The van der Waals surface area contributed by atoms with E-state index in [4.69, 9.17) is 0 Å². The van der Waals surface area contributed by atoms with Crippen LogP contribution in [0.5, 0.6) is 11.5 Å². The third kappa shape index (κ3) is 3.75. The van der Waals surface area contributed by atoms with E-state index in [0.717, 1.165) is 12.8 Å². The molecule has 2 aromatic carbocycles. The lowest BCUT2D eigenvalue weighted by molar-refractivity contribution is 0.0950. The van der Waals surface area contributed by atoms with Crippen LogP contribution in [-0.4, -0.2) is 22.7 Å². The first-order valence-electron chi connectivity index (χ1n) is 6.51. The molecule has 20 heavy (non-hydrogen) atoms. The van der Waals surface area contributed by atoms with Crippen LogP contribution >= 0.6 is 0 Å². The average molecular weight is 271 g/mol. The molecule has 0 radical (unpaired) electrons. The third-order valence-electron chi connectivity index (χ3n) is 3.00. The number of rotatable bonds is 5. The fraction of sp³-hybridized carbons (Fsp3) is 0.188. The van der Waals surface area contributed by atoms with Gasteiger partial charge in [0.2, 0.25) is 0 Å². The van der Waals surface area contributed by atoms with Crippen LogP contribution in [0.4, 0.5) is 0 Å². The van der Waals surface area contributed by atoms with Gasteiger partial charge in [-0.1, -0.05) is 30.3 Å². The molecule has 0 spiro atoms. The molecule has 4 nitrogen and oxygen atoms in total. The zero-order valence-electron chi connectivity index (χ0n) is 11.0. The minimum absolute atomic E-state index is 0.0442. The van der Waals surface area contributed by atoms with Crippen LogP contribution < -0.4 is 5.32 Å². The van der Waals surface area contributed by atoms with Crippen molar-refractivity contribution in [2.45, 2.75) is 12.8 Å². The van der Waals surface area contributed by atoms with Gasteiger partial charge in [0.15, 0.2) is 0 Å². The maximum absolute atomic E-state index is 11.8. The molecule has 4 heteroatoms. The molecule has 0 aliphatic rings. The molecule has 0 aromatic heterocycles. The summed E-state index contributed by atoms with van der Waals surface area (Å²) in [4.78, 5) is 11.8. The Labute approximate surface area is 117 Å². The van der Waals surface area contributed by atoms with E-state index in [1.807, 2.05) is 30.3 Å². The Bertz CT molecular complexity index is 582. The van der Waals surface area contributed by atoms with Crippen molar-refractivity contribution in [1.82, 2.24) is 5.32 Å². The molecule has 0 aliphatic carbocycles. The number of hydrogen-bond acceptors (Lipinski definition) is 3. The quantitative estimate of drug-likeness (QED) is 0.578. The molecule has 104 valence electrons. The topological polar surface area (TPSA) is 69.6 Å². The number of amides is 1. The van der Waals surface area contributed by atoms with Crippen molar-refractivity contribution in [3.05, 3.63) is 59.7 Å². The van der Waals surface area contributed by atoms with Gasteiger partial charge in [-0.25, -0.2) is 0 Å². The summed E-state index contributed by atoms with van der Waals surface area (Å²) in [6.45, 7) is 0.517. The van der Waals surface area contributed by atoms with Crippen LogP contribution in [0, 0.1) is 0 Å². The number of phenolic OH excluding ortho intramolecular Hbond substituents is 2. The van der Waals surface area contributed by atoms with Crippen molar-refractivity contribution >= 4 is 5.91 Å². The SMILES string of the molecule is O=C(NCCCc1ccccc1)c1cc(O)ccc1O. The van der Waals surface area contributed by atoms with Gasteiger partial charge in [0.05, 0.1) is 5.56 Å². The Hall–Kier alpha value is -2.49. The number of aryl methyl sites for hydroxylation is 1. The highest BCUT2D eigenvalue weighted by Crippen LogP contribution is 2.21. The molecule has 3 N–H and O–H groups in total. The van der Waals surface area contributed by atoms with E-state index < -0.39 is 0 Å². The Morgan fingerprint density at radius 1 is 1.05 bits per heavy atom. The molecule has 0 bridgehead atoms. The van der Waals surface area contributed by atoms with Gasteiger partial charge < -0.3 is 15.5 Å². The average Bonchev–Trinajstić information content (AvgIpc) is 2.47. The van der Waals surface area contributed by atoms with E-state index in [9.17, 15) is 15.0 Å². The number of aromatic hydroxyl groups is 2. The van der Waals surface area contributed by atoms with Gasteiger partial charge in [0.1, 0.15) is 11.5 Å². The van der Waals surface area contributed by atoms with Crippen molar-refractivity contribution in [2.24, 2.45) is 0 Å². The van der Waals surface area contributed by atoms with E-state index in [0.29, 0.717) is 6.54 Å². The fourth-order valence-electron chi connectivity index (χ4n) is 1.94. The maximum Gasteiger partial charge on any atom is 0.255 e.